The minimum Gasteiger partial charge on any atom is -0.465 e. The van der Waals surface area contributed by atoms with Crippen molar-refractivity contribution in [3.8, 4) is 0 Å². The molecule has 0 aromatic rings. The van der Waals surface area contributed by atoms with E-state index in [-0.39, 0.29) is 41.6 Å². The first kappa shape index (κ1) is 27.8. The third-order valence-electron chi connectivity index (χ3n) is 7.95. The second-order valence-corrected chi connectivity index (χ2v) is 11.7. The molecule has 3 aliphatic rings. The predicted molar refractivity (Wildman–Crippen MR) is 139 cm³/mol. The average molecular weight is 507 g/mol. The number of aliphatic hydroxyl groups excluding tert-OH is 1. The van der Waals surface area contributed by atoms with Crippen LogP contribution in [-0.4, -0.2) is 81.1 Å². The maximum atomic E-state index is 14.2. The summed E-state index contributed by atoms with van der Waals surface area (Å²) in [5.74, 6) is -1.55. The highest BCUT2D eigenvalue weighted by Crippen LogP contribution is 2.68. The normalized spacial score (nSPS) is 31.8. The Bertz CT molecular complexity index is 819. The number of esters is 1. The number of carbonyl (C=O) groups excluding carboxylic acids is 3. The van der Waals surface area contributed by atoms with E-state index >= 15 is 0 Å². The van der Waals surface area contributed by atoms with Gasteiger partial charge < -0.3 is 19.6 Å². The molecule has 0 aromatic carbocycles. The van der Waals surface area contributed by atoms with Gasteiger partial charge in [0.1, 0.15) is 6.04 Å². The number of hydrogen-bond acceptors (Lipinski definition) is 6. The molecule has 0 radical (unpaired) electrons. The smallest absolute Gasteiger partial charge is 0.310 e. The zero-order valence-electron chi connectivity index (χ0n) is 21.5. The summed E-state index contributed by atoms with van der Waals surface area (Å²) in [6, 6.07) is -0.644. The van der Waals surface area contributed by atoms with Gasteiger partial charge in [-0.25, -0.2) is 0 Å². The van der Waals surface area contributed by atoms with Gasteiger partial charge in [0.2, 0.25) is 11.8 Å². The highest BCUT2D eigenvalue weighted by Gasteiger charge is 2.76. The molecule has 0 aliphatic carbocycles. The van der Waals surface area contributed by atoms with Crippen molar-refractivity contribution < 1.29 is 24.2 Å². The lowest BCUT2D eigenvalue weighted by molar-refractivity contribution is -0.154. The molecule has 7 atom stereocenters. The number of aliphatic hydroxyl groups is 1. The topological polar surface area (TPSA) is 87.2 Å². The van der Waals surface area contributed by atoms with Gasteiger partial charge >= 0.3 is 5.97 Å². The molecule has 3 fully saturated rings. The van der Waals surface area contributed by atoms with Gasteiger partial charge in [-0.05, 0) is 44.9 Å². The Kier molecular flexibility index (Phi) is 9.49. The van der Waals surface area contributed by atoms with Gasteiger partial charge in [-0.1, -0.05) is 32.4 Å². The van der Waals surface area contributed by atoms with E-state index < -0.39 is 22.6 Å². The van der Waals surface area contributed by atoms with Crippen LogP contribution in [0.1, 0.15) is 59.3 Å². The lowest BCUT2D eigenvalue weighted by atomic mass is 9.66. The molecule has 0 saturated carbocycles. The molecule has 196 valence electrons. The fourth-order valence-electron chi connectivity index (χ4n) is 6.40. The molecule has 0 aromatic heterocycles. The molecule has 3 rings (SSSR count). The van der Waals surface area contributed by atoms with E-state index in [0.29, 0.717) is 32.5 Å². The standard InChI is InChI=1S/C27H42N2O5S/c1-6-9-10-16-34-26(33)21-20-17-18(4)27(35-20)22(21)24(31)29(14-11-15-30)23(27)25(32)28(13-8-3)19(5)12-7-2/h6,8,18-23,30H,1,3,7,9-17H2,2,4-5H3/t18?,19?,20-,21+,22-,23?,27?/m0/s1. The number of amides is 2. The lowest BCUT2D eigenvalue weighted by Crippen LogP contribution is -2.58. The van der Waals surface area contributed by atoms with Gasteiger partial charge in [0, 0.05) is 31.0 Å². The molecule has 1 spiro atoms. The number of hydrogen-bond donors (Lipinski definition) is 1. The van der Waals surface area contributed by atoms with Crippen LogP contribution in [0, 0.1) is 17.8 Å². The van der Waals surface area contributed by atoms with Crippen molar-refractivity contribution in [1.29, 1.82) is 0 Å². The Morgan fingerprint density at radius 3 is 2.71 bits per heavy atom. The summed E-state index contributed by atoms with van der Waals surface area (Å²) in [6.07, 6.45) is 7.98. The van der Waals surface area contributed by atoms with E-state index in [1.807, 2.05) is 11.8 Å². The number of carbonyl (C=O) groups is 3. The van der Waals surface area contributed by atoms with Gasteiger partial charge in [0.05, 0.1) is 23.2 Å². The number of thioether (sulfide) groups is 1. The second kappa shape index (κ2) is 12.0. The average Bonchev–Trinajstić information content (AvgIpc) is 3.42. The van der Waals surface area contributed by atoms with Crippen LogP contribution < -0.4 is 0 Å². The van der Waals surface area contributed by atoms with Crippen LogP contribution >= 0.6 is 11.8 Å². The number of nitrogens with zero attached hydrogens (tertiary/aromatic N) is 2. The zero-order valence-corrected chi connectivity index (χ0v) is 22.3. The summed E-state index contributed by atoms with van der Waals surface area (Å²) >= 11 is 1.66. The van der Waals surface area contributed by atoms with Gasteiger partial charge in [-0.3, -0.25) is 14.4 Å². The van der Waals surface area contributed by atoms with E-state index in [2.05, 4.69) is 27.0 Å². The van der Waals surface area contributed by atoms with E-state index in [1.54, 1.807) is 28.8 Å². The molecular weight excluding hydrogens is 464 g/mol. The van der Waals surface area contributed by atoms with E-state index in [4.69, 9.17) is 4.74 Å². The number of fused-ring (bicyclic) bond motifs is 1. The van der Waals surface area contributed by atoms with Crippen LogP contribution in [0.3, 0.4) is 0 Å². The van der Waals surface area contributed by atoms with Crippen LogP contribution in [0.25, 0.3) is 0 Å². The molecule has 3 heterocycles. The Balaban J connectivity index is 1.98. The summed E-state index contributed by atoms with van der Waals surface area (Å²) in [5.41, 5.74) is 0. The van der Waals surface area contributed by atoms with Crippen LogP contribution in [0.5, 0.6) is 0 Å². The first-order valence-corrected chi connectivity index (χ1v) is 14.0. The first-order valence-electron chi connectivity index (χ1n) is 13.1. The van der Waals surface area contributed by atoms with Crippen molar-refractivity contribution in [1.82, 2.24) is 9.80 Å². The van der Waals surface area contributed by atoms with E-state index in [1.165, 1.54) is 0 Å². The largest absolute Gasteiger partial charge is 0.465 e. The van der Waals surface area contributed by atoms with Gasteiger partial charge in [-0.2, -0.15) is 0 Å². The van der Waals surface area contributed by atoms with Crippen LogP contribution in [0.15, 0.2) is 25.3 Å². The monoisotopic (exact) mass is 506 g/mol. The SMILES string of the molecule is C=CCCCOC(=O)[C@@H]1[C@@H]2CC(C)C3(S2)C(C(=O)N(CC=C)C(C)CCC)N(CCCO)C(=O)[C@H]13. The highest BCUT2D eigenvalue weighted by molar-refractivity contribution is 8.02. The Morgan fingerprint density at radius 1 is 1.34 bits per heavy atom. The summed E-state index contributed by atoms with van der Waals surface area (Å²) < 4.78 is 4.96. The molecule has 2 bridgehead atoms. The molecular formula is C27H42N2O5S. The minimum atomic E-state index is -0.662. The quantitative estimate of drug-likeness (QED) is 0.221. The number of allylic oxidation sites excluding steroid dienone is 1. The zero-order chi connectivity index (χ0) is 25.8. The summed E-state index contributed by atoms with van der Waals surface area (Å²) in [6.45, 7) is 14.8. The number of rotatable bonds is 14. The van der Waals surface area contributed by atoms with Gasteiger partial charge in [0.25, 0.3) is 0 Å². The van der Waals surface area contributed by atoms with Crippen molar-refractivity contribution in [2.75, 3.05) is 26.3 Å². The first-order chi connectivity index (χ1) is 16.8. The molecule has 7 nitrogen and oxygen atoms in total. The summed E-state index contributed by atoms with van der Waals surface area (Å²) in [7, 11) is 0. The van der Waals surface area contributed by atoms with Crippen LogP contribution in [0.4, 0.5) is 0 Å². The number of unbranched alkanes of at least 4 members (excludes halogenated alkanes) is 1. The summed E-state index contributed by atoms with van der Waals surface area (Å²) in [5, 5.41) is 9.50. The van der Waals surface area contributed by atoms with Gasteiger partial charge in [0.15, 0.2) is 0 Å². The molecule has 2 amide bonds. The number of ether oxygens (including phenoxy) is 1. The van der Waals surface area contributed by atoms with Crippen molar-refractivity contribution in [2.24, 2.45) is 17.8 Å². The minimum absolute atomic E-state index is 0.0141. The maximum Gasteiger partial charge on any atom is 0.310 e. The molecule has 1 N–H and O–H groups in total. The third kappa shape index (κ3) is 4.93. The molecule has 8 heteroatoms. The predicted octanol–water partition coefficient (Wildman–Crippen LogP) is 3.42. The fourth-order valence-corrected chi connectivity index (χ4v) is 8.81. The fraction of sp³-hybridized carbons (Fsp3) is 0.741. The molecule has 3 saturated heterocycles. The van der Waals surface area contributed by atoms with Crippen molar-refractivity contribution in [2.45, 2.75) is 81.4 Å². The summed E-state index contributed by atoms with van der Waals surface area (Å²) in [4.78, 5) is 44.9. The Labute approximate surface area is 214 Å². The molecule has 35 heavy (non-hydrogen) atoms. The van der Waals surface area contributed by atoms with Crippen molar-refractivity contribution in [3.63, 3.8) is 0 Å². The number of likely N-dealkylation sites (tertiary alicyclic amines) is 1. The Morgan fingerprint density at radius 2 is 2.09 bits per heavy atom. The second-order valence-electron chi connectivity index (χ2n) is 10.2. The highest BCUT2D eigenvalue weighted by atomic mass is 32.2. The van der Waals surface area contributed by atoms with Crippen molar-refractivity contribution >= 4 is 29.5 Å². The lowest BCUT2D eigenvalue weighted by Gasteiger charge is -2.41. The van der Waals surface area contributed by atoms with E-state index in [0.717, 1.165) is 25.7 Å². The Hall–Kier alpha value is -1.80. The van der Waals surface area contributed by atoms with Crippen LogP contribution in [0.2, 0.25) is 0 Å². The third-order valence-corrected chi connectivity index (χ3v) is 10.0. The van der Waals surface area contributed by atoms with Crippen LogP contribution in [-0.2, 0) is 19.1 Å². The van der Waals surface area contributed by atoms with Gasteiger partial charge in [-0.15, -0.1) is 24.9 Å². The maximum absolute atomic E-state index is 14.2. The molecule has 4 unspecified atom stereocenters. The molecule has 3 aliphatic heterocycles. The van der Waals surface area contributed by atoms with Crippen molar-refractivity contribution in [3.05, 3.63) is 25.3 Å². The van der Waals surface area contributed by atoms with E-state index in [9.17, 15) is 19.5 Å².